The summed E-state index contributed by atoms with van der Waals surface area (Å²) in [6.45, 7) is 0. The van der Waals surface area contributed by atoms with Crippen molar-refractivity contribution in [1.82, 2.24) is 20.4 Å². The minimum absolute atomic E-state index is 0.00722. The molecule has 0 aliphatic rings. The van der Waals surface area contributed by atoms with E-state index in [4.69, 9.17) is 16.9 Å². The molecular formula is C13H5ClF3N5S. The first kappa shape index (κ1) is 15.5. The van der Waals surface area contributed by atoms with Crippen LogP contribution in [0.1, 0.15) is 11.3 Å². The number of hydrogen-bond acceptors (Lipinski definition) is 5. The van der Waals surface area contributed by atoms with Crippen LogP contribution in [0.15, 0.2) is 24.3 Å². The molecule has 0 radical (unpaired) electrons. The minimum Gasteiger partial charge on any atom is -0.233 e. The molecule has 5 nitrogen and oxygen atoms in total. The number of halogens is 4. The summed E-state index contributed by atoms with van der Waals surface area (Å²) in [7, 11) is 0. The summed E-state index contributed by atoms with van der Waals surface area (Å²) < 4.78 is 38.6. The quantitative estimate of drug-likeness (QED) is 0.749. The van der Waals surface area contributed by atoms with Crippen LogP contribution in [0.25, 0.3) is 22.0 Å². The number of hydrogen-bond donors (Lipinski definition) is 1. The van der Waals surface area contributed by atoms with E-state index in [1.54, 1.807) is 0 Å². The number of aromatic amines is 1. The van der Waals surface area contributed by atoms with E-state index in [1.165, 1.54) is 12.1 Å². The van der Waals surface area contributed by atoms with Gasteiger partial charge in [-0.25, -0.2) is 4.98 Å². The molecule has 0 saturated carbocycles. The standard InChI is InChI=1S/C13H5ClF3N5S/c14-11-10(9-8(5-18)20-22-21-9)19-12(23-11)6-2-1-3-7(4-6)13(15,16)17/h1-4H,(H,20,21,22). The molecule has 116 valence electrons. The summed E-state index contributed by atoms with van der Waals surface area (Å²) in [6, 6.07) is 6.60. The average Bonchev–Trinajstić information content (AvgIpc) is 3.12. The van der Waals surface area contributed by atoms with E-state index in [0.717, 1.165) is 23.5 Å². The van der Waals surface area contributed by atoms with Crippen LogP contribution in [0.4, 0.5) is 13.2 Å². The second kappa shape index (κ2) is 5.64. The van der Waals surface area contributed by atoms with Crippen molar-refractivity contribution < 1.29 is 13.2 Å². The SMILES string of the molecule is N#Cc1n[nH]nc1-c1nc(-c2cccc(C(F)(F)F)c2)sc1Cl. The van der Waals surface area contributed by atoms with E-state index in [1.807, 2.05) is 6.07 Å². The molecule has 0 aliphatic carbocycles. The van der Waals surface area contributed by atoms with Crippen molar-refractivity contribution in [1.29, 1.82) is 5.26 Å². The number of rotatable bonds is 2. The van der Waals surface area contributed by atoms with Crippen molar-refractivity contribution in [3.05, 3.63) is 39.9 Å². The summed E-state index contributed by atoms with van der Waals surface area (Å²) in [5.74, 6) is 0. The van der Waals surface area contributed by atoms with Gasteiger partial charge < -0.3 is 0 Å². The van der Waals surface area contributed by atoms with Crippen molar-refractivity contribution in [2.24, 2.45) is 0 Å². The number of H-pyrrole nitrogens is 1. The van der Waals surface area contributed by atoms with E-state index >= 15 is 0 Å². The lowest BCUT2D eigenvalue weighted by atomic mass is 10.1. The Kier molecular flexibility index (Phi) is 3.79. The number of aromatic nitrogens is 4. The maximum atomic E-state index is 12.8. The molecule has 0 bridgehead atoms. The number of nitriles is 1. The lowest BCUT2D eigenvalue weighted by Gasteiger charge is -2.07. The maximum Gasteiger partial charge on any atom is 0.416 e. The fourth-order valence-electron chi connectivity index (χ4n) is 1.87. The van der Waals surface area contributed by atoms with E-state index in [2.05, 4.69) is 20.4 Å². The van der Waals surface area contributed by atoms with Gasteiger partial charge in [-0.1, -0.05) is 23.7 Å². The van der Waals surface area contributed by atoms with Gasteiger partial charge in [0, 0.05) is 5.56 Å². The Morgan fingerprint density at radius 2 is 2.00 bits per heavy atom. The molecule has 0 spiro atoms. The molecule has 0 amide bonds. The van der Waals surface area contributed by atoms with Crippen LogP contribution in [-0.4, -0.2) is 20.4 Å². The highest BCUT2D eigenvalue weighted by Crippen LogP contribution is 2.39. The first-order valence-corrected chi connectivity index (χ1v) is 7.25. The monoisotopic (exact) mass is 355 g/mol. The third kappa shape index (κ3) is 2.91. The van der Waals surface area contributed by atoms with E-state index in [-0.39, 0.29) is 27.0 Å². The smallest absolute Gasteiger partial charge is 0.233 e. The summed E-state index contributed by atoms with van der Waals surface area (Å²) in [6.07, 6.45) is -4.44. The van der Waals surface area contributed by atoms with Crippen molar-refractivity contribution in [3.63, 3.8) is 0 Å². The highest BCUT2D eigenvalue weighted by atomic mass is 35.5. The fourth-order valence-corrected chi connectivity index (χ4v) is 3.02. The molecule has 1 aromatic carbocycles. The zero-order valence-corrected chi connectivity index (χ0v) is 12.6. The van der Waals surface area contributed by atoms with Gasteiger partial charge in [-0.2, -0.15) is 28.7 Å². The van der Waals surface area contributed by atoms with Crippen LogP contribution < -0.4 is 0 Å². The second-order valence-corrected chi connectivity index (χ2v) is 5.95. The molecule has 0 aliphatic heterocycles. The molecule has 0 unspecified atom stereocenters. The molecular weight excluding hydrogens is 351 g/mol. The molecule has 3 rings (SSSR count). The Balaban J connectivity index is 2.07. The third-order valence-corrected chi connectivity index (χ3v) is 4.20. The number of nitrogens with one attached hydrogen (secondary N) is 1. The first-order chi connectivity index (χ1) is 10.9. The third-order valence-electron chi connectivity index (χ3n) is 2.90. The summed E-state index contributed by atoms with van der Waals surface area (Å²) >= 11 is 7.09. The van der Waals surface area contributed by atoms with Gasteiger partial charge in [0.2, 0.25) is 0 Å². The van der Waals surface area contributed by atoms with E-state index < -0.39 is 11.7 Å². The van der Waals surface area contributed by atoms with Crippen LogP contribution in [0.3, 0.4) is 0 Å². The predicted molar refractivity (Wildman–Crippen MR) is 77.7 cm³/mol. The molecule has 1 N–H and O–H groups in total. The second-order valence-electron chi connectivity index (χ2n) is 4.35. The van der Waals surface area contributed by atoms with Gasteiger partial charge in [-0.15, -0.1) is 16.4 Å². The Hall–Kier alpha value is -2.44. The van der Waals surface area contributed by atoms with Crippen LogP contribution in [0.5, 0.6) is 0 Å². The number of thiazole rings is 1. The first-order valence-electron chi connectivity index (χ1n) is 6.05. The van der Waals surface area contributed by atoms with Gasteiger partial charge in [0.25, 0.3) is 0 Å². The Labute approximate surface area is 136 Å². The lowest BCUT2D eigenvalue weighted by molar-refractivity contribution is -0.137. The van der Waals surface area contributed by atoms with Crippen LogP contribution in [0.2, 0.25) is 4.34 Å². The highest BCUT2D eigenvalue weighted by molar-refractivity contribution is 7.19. The summed E-state index contributed by atoms with van der Waals surface area (Å²) in [5, 5.41) is 19.0. The number of nitrogens with zero attached hydrogens (tertiary/aromatic N) is 4. The van der Waals surface area contributed by atoms with Crippen molar-refractivity contribution >= 4 is 22.9 Å². The molecule has 2 heterocycles. The Morgan fingerprint density at radius 1 is 1.22 bits per heavy atom. The topological polar surface area (TPSA) is 78.2 Å². The molecule has 0 fully saturated rings. The zero-order chi connectivity index (χ0) is 16.6. The van der Waals surface area contributed by atoms with Crippen LogP contribution >= 0.6 is 22.9 Å². The lowest BCUT2D eigenvalue weighted by Crippen LogP contribution is -2.04. The fraction of sp³-hybridized carbons (Fsp3) is 0.0769. The molecule has 3 aromatic rings. The molecule has 10 heteroatoms. The average molecular weight is 356 g/mol. The van der Waals surface area contributed by atoms with Gasteiger partial charge in [-0.05, 0) is 12.1 Å². The molecule has 2 aromatic heterocycles. The van der Waals surface area contributed by atoms with Crippen molar-refractivity contribution in [3.8, 4) is 28.0 Å². The summed E-state index contributed by atoms with van der Waals surface area (Å²) in [5.41, 5.74) is -0.129. The van der Waals surface area contributed by atoms with E-state index in [0.29, 0.717) is 5.01 Å². The van der Waals surface area contributed by atoms with Gasteiger partial charge >= 0.3 is 6.18 Å². The number of alkyl halides is 3. The number of benzene rings is 1. The zero-order valence-electron chi connectivity index (χ0n) is 11.0. The normalized spacial score (nSPS) is 11.4. The molecule has 23 heavy (non-hydrogen) atoms. The van der Waals surface area contributed by atoms with Crippen LogP contribution in [0, 0.1) is 11.3 Å². The van der Waals surface area contributed by atoms with Gasteiger partial charge in [-0.3, -0.25) is 0 Å². The minimum atomic E-state index is -4.44. The van der Waals surface area contributed by atoms with Crippen LogP contribution in [-0.2, 0) is 6.18 Å². The molecule has 0 atom stereocenters. The summed E-state index contributed by atoms with van der Waals surface area (Å²) in [4.78, 5) is 4.20. The van der Waals surface area contributed by atoms with Gasteiger partial charge in [0.1, 0.15) is 21.1 Å². The molecule has 0 saturated heterocycles. The van der Waals surface area contributed by atoms with Crippen molar-refractivity contribution in [2.75, 3.05) is 0 Å². The predicted octanol–water partition coefficient (Wildman–Crippen LogP) is 4.14. The largest absolute Gasteiger partial charge is 0.416 e. The maximum absolute atomic E-state index is 12.8. The van der Waals surface area contributed by atoms with Crippen molar-refractivity contribution in [2.45, 2.75) is 6.18 Å². The highest BCUT2D eigenvalue weighted by Gasteiger charge is 2.31. The Bertz CT molecular complexity index is 909. The van der Waals surface area contributed by atoms with E-state index in [9.17, 15) is 13.2 Å². The Morgan fingerprint density at radius 3 is 2.70 bits per heavy atom. The van der Waals surface area contributed by atoms with Gasteiger partial charge in [0.05, 0.1) is 5.56 Å². The van der Waals surface area contributed by atoms with Gasteiger partial charge in [0.15, 0.2) is 11.4 Å².